The lowest BCUT2D eigenvalue weighted by atomic mass is 10.0. The van der Waals surface area contributed by atoms with Crippen molar-refractivity contribution in [3.8, 4) is 5.75 Å². The largest absolute Gasteiger partial charge is 0.543 e. The second-order valence-corrected chi connectivity index (χ2v) is 11.3. The number of hydrogen-bond donors (Lipinski definition) is 0. The molecule has 0 atom stereocenters. The Morgan fingerprint density at radius 3 is 2.37 bits per heavy atom. The highest BCUT2D eigenvalue weighted by atomic mass is 28.4. The van der Waals surface area contributed by atoms with Crippen molar-refractivity contribution in [2.75, 3.05) is 0 Å². The molecule has 0 aliphatic heterocycles. The van der Waals surface area contributed by atoms with Crippen molar-refractivity contribution in [2.45, 2.75) is 58.7 Å². The van der Waals surface area contributed by atoms with Gasteiger partial charge in [0.25, 0.3) is 0 Å². The highest BCUT2D eigenvalue weighted by Crippen LogP contribution is 2.37. The molecule has 0 unspecified atom stereocenters. The van der Waals surface area contributed by atoms with E-state index in [-0.39, 0.29) is 5.04 Å². The number of benzene rings is 1. The number of carbonyl (C=O) groups excluding carboxylic acids is 1. The average molecular weight is 278 g/mol. The zero-order chi connectivity index (χ0) is 14.7. The van der Waals surface area contributed by atoms with Gasteiger partial charge in [-0.25, -0.2) is 0 Å². The van der Waals surface area contributed by atoms with Gasteiger partial charge in [-0.3, -0.25) is 4.79 Å². The molecule has 0 saturated carbocycles. The molecule has 0 saturated heterocycles. The Kier molecular flexibility index (Phi) is 4.96. The Balaban J connectivity index is 3.03. The van der Waals surface area contributed by atoms with Crippen LogP contribution in [0.4, 0.5) is 0 Å². The minimum atomic E-state index is -1.81. The van der Waals surface area contributed by atoms with Crippen LogP contribution in [-0.4, -0.2) is 14.6 Å². The van der Waals surface area contributed by atoms with E-state index < -0.39 is 8.32 Å². The van der Waals surface area contributed by atoms with Gasteiger partial charge in [-0.15, -0.1) is 0 Å². The smallest absolute Gasteiger partial charge is 0.250 e. The summed E-state index contributed by atoms with van der Waals surface area (Å²) in [6, 6.07) is 5.83. The van der Waals surface area contributed by atoms with E-state index in [4.69, 9.17) is 4.43 Å². The summed E-state index contributed by atoms with van der Waals surface area (Å²) in [6.45, 7) is 13.3. The Morgan fingerprint density at radius 1 is 1.26 bits per heavy atom. The Labute approximate surface area is 118 Å². The first kappa shape index (κ1) is 16.0. The molecule has 3 heteroatoms. The van der Waals surface area contributed by atoms with Crippen LogP contribution >= 0.6 is 0 Å². The molecule has 0 radical (unpaired) electrons. The van der Waals surface area contributed by atoms with Gasteiger partial charge in [-0.1, -0.05) is 34.1 Å². The van der Waals surface area contributed by atoms with Crippen molar-refractivity contribution in [1.82, 2.24) is 0 Å². The molecule has 0 amide bonds. The molecule has 1 rings (SSSR count). The Morgan fingerprint density at radius 2 is 1.89 bits per heavy atom. The summed E-state index contributed by atoms with van der Waals surface area (Å²) < 4.78 is 6.28. The first-order valence-electron chi connectivity index (χ1n) is 6.98. The molecule has 0 aromatic heterocycles. The van der Waals surface area contributed by atoms with E-state index in [1.807, 2.05) is 18.2 Å². The molecule has 0 heterocycles. The number of aryl methyl sites for hydroxylation is 1. The van der Waals surface area contributed by atoms with E-state index >= 15 is 0 Å². The van der Waals surface area contributed by atoms with Gasteiger partial charge in [0, 0.05) is 5.56 Å². The predicted octanol–water partition coefficient (Wildman–Crippen LogP) is 4.84. The highest BCUT2D eigenvalue weighted by molar-refractivity contribution is 6.74. The molecule has 0 bridgehead atoms. The SMILES string of the molecule is CCCc1cc(O[Si](C)(C)C(C)(C)C)ccc1C=O. The summed E-state index contributed by atoms with van der Waals surface area (Å²) in [5, 5.41) is 0.182. The number of aldehydes is 1. The molecular weight excluding hydrogens is 252 g/mol. The first-order chi connectivity index (χ1) is 8.71. The monoisotopic (exact) mass is 278 g/mol. The summed E-state index contributed by atoms with van der Waals surface area (Å²) in [5.41, 5.74) is 1.87. The molecule has 0 fully saturated rings. The summed E-state index contributed by atoms with van der Waals surface area (Å²) in [6.07, 6.45) is 2.88. The van der Waals surface area contributed by atoms with Crippen molar-refractivity contribution in [1.29, 1.82) is 0 Å². The van der Waals surface area contributed by atoms with Crippen LogP contribution in [0, 0.1) is 0 Å². The van der Waals surface area contributed by atoms with E-state index in [0.717, 1.165) is 36.0 Å². The second kappa shape index (κ2) is 5.91. The molecule has 19 heavy (non-hydrogen) atoms. The second-order valence-electron chi connectivity index (χ2n) is 6.59. The normalized spacial score (nSPS) is 12.3. The minimum absolute atomic E-state index is 0.182. The van der Waals surface area contributed by atoms with E-state index in [2.05, 4.69) is 40.8 Å². The fourth-order valence-electron chi connectivity index (χ4n) is 1.69. The molecule has 2 nitrogen and oxygen atoms in total. The fourth-order valence-corrected chi connectivity index (χ4v) is 2.72. The predicted molar refractivity (Wildman–Crippen MR) is 83.6 cm³/mol. The van der Waals surface area contributed by atoms with Gasteiger partial charge in [0.05, 0.1) is 0 Å². The van der Waals surface area contributed by atoms with Gasteiger partial charge in [0.2, 0.25) is 8.32 Å². The van der Waals surface area contributed by atoms with Crippen LogP contribution < -0.4 is 4.43 Å². The van der Waals surface area contributed by atoms with Crippen molar-refractivity contribution in [2.24, 2.45) is 0 Å². The quantitative estimate of drug-likeness (QED) is 0.569. The lowest BCUT2D eigenvalue weighted by Gasteiger charge is -2.36. The zero-order valence-corrected chi connectivity index (χ0v) is 14.0. The van der Waals surface area contributed by atoms with Gasteiger partial charge in [-0.2, -0.15) is 0 Å². The molecule has 0 N–H and O–H groups in total. The molecular formula is C16H26O2Si. The average Bonchev–Trinajstić information content (AvgIpc) is 2.28. The molecule has 1 aromatic carbocycles. The van der Waals surface area contributed by atoms with E-state index in [0.29, 0.717) is 0 Å². The fraction of sp³-hybridized carbons (Fsp3) is 0.562. The lowest BCUT2D eigenvalue weighted by molar-refractivity contribution is 0.112. The van der Waals surface area contributed by atoms with Gasteiger partial charge >= 0.3 is 0 Å². The van der Waals surface area contributed by atoms with Crippen LogP contribution in [0.25, 0.3) is 0 Å². The van der Waals surface area contributed by atoms with E-state index in [9.17, 15) is 4.79 Å². The standard InChI is InChI=1S/C16H26O2Si/c1-7-8-13-11-15(10-9-14(13)12-17)18-19(5,6)16(2,3)4/h9-12H,7-8H2,1-6H3. The summed E-state index contributed by atoms with van der Waals surface area (Å²) >= 11 is 0. The molecule has 0 spiro atoms. The van der Waals surface area contributed by atoms with Gasteiger partial charge in [0.1, 0.15) is 12.0 Å². The van der Waals surface area contributed by atoms with Crippen LogP contribution in [0.1, 0.15) is 50.0 Å². The van der Waals surface area contributed by atoms with Crippen molar-refractivity contribution < 1.29 is 9.22 Å². The third kappa shape index (κ3) is 3.93. The zero-order valence-electron chi connectivity index (χ0n) is 13.0. The summed E-state index contributed by atoms with van der Waals surface area (Å²) in [7, 11) is -1.81. The summed E-state index contributed by atoms with van der Waals surface area (Å²) in [5.74, 6) is 0.903. The summed E-state index contributed by atoms with van der Waals surface area (Å²) in [4.78, 5) is 11.0. The molecule has 1 aromatic rings. The van der Waals surface area contributed by atoms with Crippen LogP contribution in [0.15, 0.2) is 18.2 Å². The van der Waals surface area contributed by atoms with E-state index in [1.165, 1.54) is 0 Å². The molecule has 106 valence electrons. The highest BCUT2D eigenvalue weighted by Gasteiger charge is 2.38. The van der Waals surface area contributed by atoms with E-state index in [1.54, 1.807) is 0 Å². The number of hydrogen-bond acceptors (Lipinski definition) is 2. The Bertz CT molecular complexity index is 445. The van der Waals surface area contributed by atoms with Crippen LogP contribution in [0.2, 0.25) is 18.1 Å². The third-order valence-corrected chi connectivity index (χ3v) is 8.30. The lowest BCUT2D eigenvalue weighted by Crippen LogP contribution is -2.43. The molecule has 0 aliphatic carbocycles. The number of carbonyl (C=O) groups is 1. The van der Waals surface area contributed by atoms with Gasteiger partial charge in [0.15, 0.2) is 0 Å². The first-order valence-corrected chi connectivity index (χ1v) is 9.89. The van der Waals surface area contributed by atoms with Crippen molar-refractivity contribution >= 4 is 14.6 Å². The van der Waals surface area contributed by atoms with Gasteiger partial charge < -0.3 is 4.43 Å². The van der Waals surface area contributed by atoms with Crippen LogP contribution in [-0.2, 0) is 6.42 Å². The maximum Gasteiger partial charge on any atom is 0.250 e. The van der Waals surface area contributed by atoms with Crippen LogP contribution in [0.3, 0.4) is 0 Å². The minimum Gasteiger partial charge on any atom is -0.543 e. The third-order valence-electron chi connectivity index (χ3n) is 3.94. The Hall–Kier alpha value is -1.09. The van der Waals surface area contributed by atoms with Crippen LogP contribution in [0.5, 0.6) is 5.75 Å². The van der Waals surface area contributed by atoms with Crippen molar-refractivity contribution in [3.05, 3.63) is 29.3 Å². The maximum atomic E-state index is 11.0. The maximum absolute atomic E-state index is 11.0. The number of rotatable bonds is 5. The van der Waals surface area contributed by atoms with Crippen molar-refractivity contribution in [3.63, 3.8) is 0 Å². The molecule has 0 aliphatic rings. The van der Waals surface area contributed by atoms with Gasteiger partial charge in [-0.05, 0) is 48.3 Å². The topological polar surface area (TPSA) is 26.3 Å².